The van der Waals surface area contributed by atoms with Crippen molar-refractivity contribution < 1.29 is 14.6 Å². The second kappa shape index (κ2) is 9.06. The number of allylic oxidation sites excluding steroid dienone is 3. The average molecular weight is 340 g/mol. The van der Waals surface area contributed by atoms with Crippen LogP contribution in [0.3, 0.4) is 0 Å². The van der Waals surface area contributed by atoms with E-state index in [-0.39, 0.29) is 18.2 Å². The number of aryl methyl sites for hydroxylation is 1. The molecule has 128 valence electrons. The van der Waals surface area contributed by atoms with E-state index < -0.39 is 6.29 Å². The zero-order valence-corrected chi connectivity index (χ0v) is 15.1. The van der Waals surface area contributed by atoms with Crippen molar-refractivity contribution in [2.24, 2.45) is 0 Å². The molecule has 0 amide bonds. The standard InChI is InChI=1S/C18H25NO3.ClH/c1-12(2)6-5-7-13(3)8-9-21-18-16-15(11-22-18)10-19-14(4)17(16)20;/h6,8,10,18,20H,5,7,9,11H2,1-4H3;1H. The molecule has 0 saturated carbocycles. The number of ether oxygens (including phenoxy) is 2. The highest BCUT2D eigenvalue weighted by atomic mass is 35.5. The Morgan fingerprint density at radius 1 is 1.39 bits per heavy atom. The van der Waals surface area contributed by atoms with Crippen molar-refractivity contribution in [3.63, 3.8) is 0 Å². The molecule has 0 saturated heterocycles. The van der Waals surface area contributed by atoms with E-state index in [4.69, 9.17) is 9.47 Å². The second-order valence-electron chi connectivity index (χ2n) is 5.98. The van der Waals surface area contributed by atoms with Crippen LogP contribution >= 0.6 is 12.4 Å². The molecule has 1 aromatic rings. The lowest BCUT2D eigenvalue weighted by atomic mass is 10.1. The van der Waals surface area contributed by atoms with Crippen LogP contribution in [0.25, 0.3) is 0 Å². The zero-order valence-electron chi connectivity index (χ0n) is 14.3. The molecular weight excluding hydrogens is 314 g/mol. The lowest BCUT2D eigenvalue weighted by Crippen LogP contribution is -2.04. The van der Waals surface area contributed by atoms with Gasteiger partial charge < -0.3 is 14.6 Å². The third kappa shape index (κ3) is 5.34. The first kappa shape index (κ1) is 19.7. The third-order valence-electron chi connectivity index (χ3n) is 3.75. The van der Waals surface area contributed by atoms with Gasteiger partial charge in [0.25, 0.3) is 0 Å². The molecule has 4 nitrogen and oxygen atoms in total. The van der Waals surface area contributed by atoms with E-state index >= 15 is 0 Å². The number of halogens is 1. The van der Waals surface area contributed by atoms with Crippen LogP contribution in [0, 0.1) is 6.92 Å². The van der Waals surface area contributed by atoms with Gasteiger partial charge in [-0.25, -0.2) is 0 Å². The van der Waals surface area contributed by atoms with Crippen molar-refractivity contribution >= 4 is 12.4 Å². The molecule has 1 N–H and O–H groups in total. The summed E-state index contributed by atoms with van der Waals surface area (Å²) in [5.74, 6) is 0.184. The van der Waals surface area contributed by atoms with Crippen molar-refractivity contribution in [2.45, 2.75) is 53.4 Å². The van der Waals surface area contributed by atoms with E-state index in [1.165, 1.54) is 11.1 Å². The van der Waals surface area contributed by atoms with Crippen LogP contribution in [0.15, 0.2) is 29.5 Å². The summed E-state index contributed by atoms with van der Waals surface area (Å²) in [5, 5.41) is 10.1. The largest absolute Gasteiger partial charge is 0.506 e. The van der Waals surface area contributed by atoms with Crippen molar-refractivity contribution in [1.29, 1.82) is 0 Å². The molecule has 23 heavy (non-hydrogen) atoms. The lowest BCUT2D eigenvalue weighted by Gasteiger charge is -2.13. The van der Waals surface area contributed by atoms with Gasteiger partial charge >= 0.3 is 0 Å². The molecule has 2 heterocycles. The third-order valence-corrected chi connectivity index (χ3v) is 3.75. The van der Waals surface area contributed by atoms with Crippen molar-refractivity contribution in [2.75, 3.05) is 6.61 Å². The van der Waals surface area contributed by atoms with Gasteiger partial charge in [-0.3, -0.25) is 4.98 Å². The minimum Gasteiger partial charge on any atom is -0.506 e. The van der Waals surface area contributed by atoms with Crippen molar-refractivity contribution in [3.05, 3.63) is 46.3 Å². The molecular formula is C18H26ClNO3. The van der Waals surface area contributed by atoms with Gasteiger partial charge in [0.1, 0.15) is 5.75 Å². The Bertz CT molecular complexity index is 592. The van der Waals surface area contributed by atoms with Crippen LogP contribution in [0.1, 0.15) is 56.7 Å². The summed E-state index contributed by atoms with van der Waals surface area (Å²) < 4.78 is 11.4. The van der Waals surface area contributed by atoms with Gasteiger partial charge in [0, 0.05) is 11.8 Å². The number of aromatic hydroxyl groups is 1. The van der Waals surface area contributed by atoms with Crippen LogP contribution in [0.5, 0.6) is 5.75 Å². The van der Waals surface area contributed by atoms with Crippen LogP contribution < -0.4 is 0 Å². The SMILES string of the molecule is CC(C)=CCCC(C)=CCOC1OCc2cnc(C)c(O)c21.Cl. The highest BCUT2D eigenvalue weighted by Crippen LogP contribution is 2.38. The summed E-state index contributed by atoms with van der Waals surface area (Å²) in [6.45, 7) is 9.02. The number of nitrogens with zero attached hydrogens (tertiary/aromatic N) is 1. The van der Waals surface area contributed by atoms with Gasteiger partial charge in [0.15, 0.2) is 6.29 Å². The number of hydrogen-bond donors (Lipinski definition) is 1. The summed E-state index contributed by atoms with van der Waals surface area (Å²) in [4.78, 5) is 4.14. The number of pyridine rings is 1. The Hall–Kier alpha value is -1.36. The smallest absolute Gasteiger partial charge is 0.188 e. The van der Waals surface area contributed by atoms with E-state index in [1.54, 1.807) is 13.1 Å². The van der Waals surface area contributed by atoms with E-state index in [1.807, 2.05) is 0 Å². The molecule has 1 aliphatic heterocycles. The maximum absolute atomic E-state index is 10.1. The predicted molar refractivity (Wildman–Crippen MR) is 93.8 cm³/mol. The fourth-order valence-electron chi connectivity index (χ4n) is 2.38. The molecule has 1 aromatic heterocycles. The summed E-state index contributed by atoms with van der Waals surface area (Å²) in [6.07, 6.45) is 7.64. The molecule has 0 radical (unpaired) electrons. The number of hydrogen-bond acceptors (Lipinski definition) is 4. The van der Waals surface area contributed by atoms with E-state index in [9.17, 15) is 5.11 Å². The molecule has 2 rings (SSSR count). The maximum atomic E-state index is 10.1. The van der Waals surface area contributed by atoms with E-state index in [2.05, 4.69) is 37.9 Å². The Morgan fingerprint density at radius 2 is 2.13 bits per heavy atom. The molecule has 1 unspecified atom stereocenters. The maximum Gasteiger partial charge on any atom is 0.188 e. The Balaban J connectivity index is 0.00000264. The monoisotopic (exact) mass is 339 g/mol. The molecule has 0 aliphatic carbocycles. The zero-order chi connectivity index (χ0) is 16.1. The predicted octanol–water partition coefficient (Wildman–Crippen LogP) is 4.76. The second-order valence-corrected chi connectivity index (χ2v) is 5.98. The average Bonchev–Trinajstić information content (AvgIpc) is 2.86. The number of aromatic nitrogens is 1. The number of fused-ring (bicyclic) bond motifs is 1. The fraction of sp³-hybridized carbons (Fsp3) is 0.500. The van der Waals surface area contributed by atoms with E-state index in [0.29, 0.717) is 18.9 Å². The molecule has 1 atom stereocenters. The minimum absolute atomic E-state index is 0. The Morgan fingerprint density at radius 3 is 2.83 bits per heavy atom. The summed E-state index contributed by atoms with van der Waals surface area (Å²) >= 11 is 0. The first-order valence-corrected chi connectivity index (χ1v) is 7.68. The van der Waals surface area contributed by atoms with Crippen LogP contribution in [0.4, 0.5) is 0 Å². The topological polar surface area (TPSA) is 51.6 Å². The Labute approximate surface area is 144 Å². The van der Waals surface area contributed by atoms with Gasteiger partial charge in [0.05, 0.1) is 24.5 Å². The molecule has 0 fully saturated rings. The summed E-state index contributed by atoms with van der Waals surface area (Å²) in [6, 6.07) is 0. The number of rotatable bonds is 6. The lowest BCUT2D eigenvalue weighted by molar-refractivity contribution is -0.130. The van der Waals surface area contributed by atoms with Crippen molar-refractivity contribution in [3.8, 4) is 5.75 Å². The van der Waals surface area contributed by atoms with Crippen molar-refractivity contribution in [1.82, 2.24) is 4.98 Å². The van der Waals surface area contributed by atoms with E-state index in [0.717, 1.165) is 24.0 Å². The molecule has 0 spiro atoms. The highest BCUT2D eigenvalue weighted by Gasteiger charge is 2.28. The highest BCUT2D eigenvalue weighted by molar-refractivity contribution is 5.85. The fourth-order valence-corrected chi connectivity index (χ4v) is 2.38. The quantitative estimate of drug-likeness (QED) is 0.759. The van der Waals surface area contributed by atoms with Crippen LogP contribution in [-0.4, -0.2) is 16.7 Å². The van der Waals surface area contributed by atoms with Crippen LogP contribution in [0.2, 0.25) is 0 Å². The van der Waals surface area contributed by atoms with Gasteiger partial charge in [-0.05, 0) is 40.5 Å². The van der Waals surface area contributed by atoms with Gasteiger partial charge in [-0.1, -0.05) is 23.3 Å². The first-order valence-electron chi connectivity index (χ1n) is 7.68. The summed E-state index contributed by atoms with van der Waals surface area (Å²) in [7, 11) is 0. The molecule has 0 aromatic carbocycles. The van der Waals surface area contributed by atoms with Gasteiger partial charge in [0.2, 0.25) is 0 Å². The Kier molecular flexibility index (Phi) is 7.76. The normalized spacial score (nSPS) is 16.7. The van der Waals surface area contributed by atoms with Gasteiger partial charge in [-0.15, -0.1) is 12.4 Å². The summed E-state index contributed by atoms with van der Waals surface area (Å²) in [5.41, 5.74) is 4.87. The molecule has 1 aliphatic rings. The molecule has 0 bridgehead atoms. The van der Waals surface area contributed by atoms with Crippen LogP contribution in [-0.2, 0) is 16.1 Å². The molecule has 5 heteroatoms. The first-order chi connectivity index (χ1) is 10.5. The minimum atomic E-state index is -0.501. The van der Waals surface area contributed by atoms with Gasteiger partial charge in [-0.2, -0.15) is 0 Å².